The topological polar surface area (TPSA) is 71.8 Å². The van der Waals surface area contributed by atoms with Gasteiger partial charge in [0.1, 0.15) is 5.82 Å². The van der Waals surface area contributed by atoms with Crippen LogP contribution in [-0.2, 0) is 13.0 Å². The Bertz CT molecular complexity index is 576. The van der Waals surface area contributed by atoms with Gasteiger partial charge in [0.2, 0.25) is 0 Å². The molecule has 2 N–H and O–H groups in total. The van der Waals surface area contributed by atoms with E-state index in [0.29, 0.717) is 5.41 Å². The van der Waals surface area contributed by atoms with E-state index in [1.165, 1.54) is 32.1 Å². The lowest BCUT2D eigenvalue weighted by molar-refractivity contribution is 0.117. The van der Waals surface area contributed by atoms with Crippen molar-refractivity contribution < 1.29 is 4.79 Å². The van der Waals surface area contributed by atoms with Gasteiger partial charge in [0.15, 0.2) is 5.82 Å². The van der Waals surface area contributed by atoms with Crippen LogP contribution >= 0.6 is 0 Å². The third-order valence-corrected chi connectivity index (χ3v) is 5.69. The number of rotatable bonds is 7. The third kappa shape index (κ3) is 3.42. The van der Waals surface area contributed by atoms with E-state index in [9.17, 15) is 4.79 Å². The van der Waals surface area contributed by atoms with Crippen LogP contribution in [0.3, 0.4) is 0 Å². The van der Waals surface area contributed by atoms with Crippen LogP contribution < -0.4 is 10.6 Å². The Hall–Kier alpha value is -1.59. The SMILES string of the molecule is CCCC1(CNC(=O)N[C@H](c2nnc3n2CCC3)C(C)C)CCC1. The van der Waals surface area contributed by atoms with Gasteiger partial charge < -0.3 is 15.2 Å². The molecule has 0 unspecified atom stereocenters. The molecular weight excluding hydrogens is 302 g/mol. The van der Waals surface area contributed by atoms with Crippen molar-refractivity contribution in [3.8, 4) is 0 Å². The lowest BCUT2D eigenvalue weighted by Gasteiger charge is -2.42. The van der Waals surface area contributed by atoms with Crippen LogP contribution in [0.5, 0.6) is 0 Å². The Morgan fingerprint density at radius 3 is 2.71 bits per heavy atom. The standard InChI is InChI=1S/C18H31N5O/c1-4-8-18(9-6-10-18)12-19-17(24)20-15(13(2)3)16-22-21-14-7-5-11-23(14)16/h13,15H,4-12H2,1-3H3,(H2,19,20,24)/t15-/m0/s1. The maximum atomic E-state index is 12.5. The van der Waals surface area contributed by atoms with Gasteiger partial charge in [-0.15, -0.1) is 10.2 Å². The Balaban J connectivity index is 1.60. The molecule has 0 bridgehead atoms. The summed E-state index contributed by atoms with van der Waals surface area (Å²) in [5, 5.41) is 14.9. The summed E-state index contributed by atoms with van der Waals surface area (Å²) < 4.78 is 2.18. The molecule has 24 heavy (non-hydrogen) atoms. The predicted molar refractivity (Wildman–Crippen MR) is 93.6 cm³/mol. The molecule has 1 fully saturated rings. The molecular formula is C18H31N5O. The van der Waals surface area contributed by atoms with Crippen molar-refractivity contribution >= 4 is 6.03 Å². The number of hydrogen-bond donors (Lipinski definition) is 2. The van der Waals surface area contributed by atoms with Crippen molar-refractivity contribution in [2.24, 2.45) is 11.3 Å². The number of fused-ring (bicyclic) bond motifs is 1. The first-order valence-corrected chi connectivity index (χ1v) is 9.51. The molecule has 1 atom stereocenters. The van der Waals surface area contributed by atoms with Crippen molar-refractivity contribution in [1.29, 1.82) is 0 Å². The Morgan fingerprint density at radius 2 is 2.08 bits per heavy atom. The first-order chi connectivity index (χ1) is 11.5. The zero-order valence-corrected chi connectivity index (χ0v) is 15.3. The van der Waals surface area contributed by atoms with Gasteiger partial charge >= 0.3 is 6.03 Å². The van der Waals surface area contributed by atoms with Crippen molar-refractivity contribution in [1.82, 2.24) is 25.4 Å². The predicted octanol–water partition coefficient (Wildman–Crippen LogP) is 3.19. The average molecular weight is 333 g/mol. The summed E-state index contributed by atoms with van der Waals surface area (Å²) in [5.41, 5.74) is 0.343. The van der Waals surface area contributed by atoms with Crippen LogP contribution in [0.25, 0.3) is 0 Å². The molecule has 6 nitrogen and oxygen atoms in total. The molecule has 2 aliphatic rings. The van der Waals surface area contributed by atoms with Crippen molar-refractivity contribution in [2.45, 2.75) is 78.3 Å². The summed E-state index contributed by atoms with van der Waals surface area (Å²) in [6, 6.07) is -0.167. The molecule has 1 aromatic rings. The van der Waals surface area contributed by atoms with Crippen molar-refractivity contribution in [3.05, 3.63) is 11.6 Å². The van der Waals surface area contributed by atoms with E-state index in [-0.39, 0.29) is 18.0 Å². The van der Waals surface area contributed by atoms with Gasteiger partial charge in [-0.25, -0.2) is 4.79 Å². The van der Waals surface area contributed by atoms with Crippen LogP contribution in [-0.4, -0.2) is 27.3 Å². The largest absolute Gasteiger partial charge is 0.338 e. The van der Waals surface area contributed by atoms with Crippen molar-refractivity contribution in [2.75, 3.05) is 6.54 Å². The van der Waals surface area contributed by atoms with Gasteiger partial charge in [-0.1, -0.05) is 33.6 Å². The maximum absolute atomic E-state index is 12.5. The first-order valence-electron chi connectivity index (χ1n) is 9.51. The number of nitrogens with one attached hydrogen (secondary N) is 2. The molecule has 1 aliphatic carbocycles. The highest BCUT2D eigenvalue weighted by atomic mass is 16.2. The van der Waals surface area contributed by atoms with Crippen LogP contribution in [0.2, 0.25) is 0 Å². The molecule has 0 radical (unpaired) electrons. The molecule has 1 saturated carbocycles. The van der Waals surface area contributed by atoms with E-state index in [2.05, 4.69) is 46.2 Å². The molecule has 2 amide bonds. The number of carbonyl (C=O) groups excluding carboxylic acids is 1. The molecule has 134 valence electrons. The second kappa shape index (κ2) is 7.11. The fourth-order valence-electron chi connectivity index (χ4n) is 4.11. The van der Waals surface area contributed by atoms with Gasteiger partial charge in [-0.2, -0.15) is 0 Å². The molecule has 0 aromatic carbocycles. The van der Waals surface area contributed by atoms with Crippen molar-refractivity contribution in [3.63, 3.8) is 0 Å². The highest BCUT2D eigenvalue weighted by Gasteiger charge is 2.36. The fraction of sp³-hybridized carbons (Fsp3) is 0.833. The minimum absolute atomic E-state index is 0.0774. The van der Waals surface area contributed by atoms with Gasteiger partial charge in [0.05, 0.1) is 6.04 Å². The summed E-state index contributed by atoms with van der Waals surface area (Å²) in [7, 11) is 0. The van der Waals surface area contributed by atoms with E-state index in [1.54, 1.807) is 0 Å². The number of aromatic nitrogens is 3. The highest BCUT2D eigenvalue weighted by molar-refractivity contribution is 5.74. The molecule has 1 aliphatic heterocycles. The quantitative estimate of drug-likeness (QED) is 0.805. The van der Waals surface area contributed by atoms with E-state index >= 15 is 0 Å². The van der Waals surface area contributed by atoms with Crippen LogP contribution in [0, 0.1) is 11.3 Å². The zero-order chi connectivity index (χ0) is 17.2. The van der Waals surface area contributed by atoms with Crippen LogP contribution in [0.15, 0.2) is 0 Å². The Labute approximate surface area is 144 Å². The Morgan fingerprint density at radius 1 is 1.29 bits per heavy atom. The minimum Gasteiger partial charge on any atom is -0.338 e. The molecule has 3 rings (SSSR count). The van der Waals surface area contributed by atoms with Gasteiger partial charge in [0, 0.05) is 19.5 Å². The normalized spacial score (nSPS) is 19.7. The maximum Gasteiger partial charge on any atom is 0.315 e. The summed E-state index contributed by atoms with van der Waals surface area (Å²) >= 11 is 0. The van der Waals surface area contributed by atoms with E-state index in [4.69, 9.17) is 0 Å². The number of amides is 2. The Kier molecular flexibility index (Phi) is 5.11. The minimum atomic E-state index is -0.0899. The lowest BCUT2D eigenvalue weighted by Crippen LogP contribution is -2.47. The van der Waals surface area contributed by atoms with Crippen LogP contribution in [0.4, 0.5) is 4.79 Å². The van der Waals surface area contributed by atoms with Gasteiger partial charge in [-0.05, 0) is 37.0 Å². The second-order valence-electron chi connectivity index (χ2n) is 7.88. The van der Waals surface area contributed by atoms with E-state index in [1.807, 2.05) is 0 Å². The van der Waals surface area contributed by atoms with E-state index in [0.717, 1.165) is 37.6 Å². The summed E-state index contributed by atoms with van der Waals surface area (Å²) in [6.45, 7) is 8.21. The lowest BCUT2D eigenvalue weighted by atomic mass is 9.66. The number of carbonyl (C=O) groups is 1. The first kappa shape index (κ1) is 17.2. The second-order valence-corrected chi connectivity index (χ2v) is 7.88. The smallest absolute Gasteiger partial charge is 0.315 e. The number of urea groups is 1. The summed E-state index contributed by atoms with van der Waals surface area (Å²) in [5.74, 6) is 2.23. The number of hydrogen-bond acceptors (Lipinski definition) is 3. The fourth-order valence-corrected chi connectivity index (χ4v) is 4.11. The van der Waals surface area contributed by atoms with Crippen LogP contribution in [0.1, 0.15) is 77.0 Å². The number of nitrogens with zero attached hydrogens (tertiary/aromatic N) is 3. The summed E-state index contributed by atoms with van der Waals surface area (Å²) in [6.07, 6.45) is 8.28. The molecule has 0 spiro atoms. The highest BCUT2D eigenvalue weighted by Crippen LogP contribution is 2.44. The van der Waals surface area contributed by atoms with Gasteiger partial charge in [-0.3, -0.25) is 0 Å². The van der Waals surface area contributed by atoms with Gasteiger partial charge in [0.25, 0.3) is 0 Å². The third-order valence-electron chi connectivity index (χ3n) is 5.69. The average Bonchev–Trinajstić information content (AvgIpc) is 3.10. The zero-order valence-electron chi connectivity index (χ0n) is 15.3. The summed E-state index contributed by atoms with van der Waals surface area (Å²) in [4.78, 5) is 12.5. The monoisotopic (exact) mass is 333 g/mol. The molecule has 1 aromatic heterocycles. The molecule has 6 heteroatoms. The molecule has 2 heterocycles. The number of aryl methyl sites for hydroxylation is 1. The molecule has 0 saturated heterocycles. The van der Waals surface area contributed by atoms with E-state index < -0.39 is 0 Å².